The van der Waals surface area contributed by atoms with Gasteiger partial charge in [0.25, 0.3) is 0 Å². The van der Waals surface area contributed by atoms with E-state index in [0.29, 0.717) is 0 Å². The molecule has 12 heavy (non-hydrogen) atoms. The summed E-state index contributed by atoms with van der Waals surface area (Å²) in [5.74, 6) is 0.949. The molecule has 0 N–H and O–H groups in total. The summed E-state index contributed by atoms with van der Waals surface area (Å²) in [5.41, 5.74) is 0. The first-order chi connectivity index (χ1) is 5.74. The van der Waals surface area contributed by atoms with Crippen LogP contribution in [0.2, 0.25) is 0 Å². The molecule has 1 aromatic rings. The molecule has 1 rings (SSSR count). The minimum Gasteiger partial charge on any atom is -0.494 e. The average Bonchev–Trinajstić information content (AvgIpc) is 2.07. The van der Waals surface area contributed by atoms with Crippen molar-refractivity contribution < 1.29 is 4.74 Å². The molecule has 0 radical (unpaired) electrons. The van der Waals surface area contributed by atoms with Gasteiger partial charge in [-0.1, -0.05) is 6.92 Å². The van der Waals surface area contributed by atoms with Crippen LogP contribution in [0.5, 0.6) is 5.75 Å². The van der Waals surface area contributed by atoms with Gasteiger partial charge in [0.05, 0.1) is 6.61 Å². The van der Waals surface area contributed by atoms with Crippen LogP contribution in [-0.4, -0.2) is 6.61 Å². The highest BCUT2D eigenvalue weighted by Crippen LogP contribution is 2.23. The van der Waals surface area contributed by atoms with E-state index in [9.17, 15) is 0 Å². The molecule has 0 amide bonds. The van der Waals surface area contributed by atoms with Crippen LogP contribution in [0.3, 0.4) is 0 Å². The van der Waals surface area contributed by atoms with E-state index < -0.39 is 0 Å². The van der Waals surface area contributed by atoms with E-state index in [-0.39, 0.29) is 0 Å². The lowest BCUT2D eigenvalue weighted by Crippen LogP contribution is -1.94. The van der Waals surface area contributed by atoms with E-state index in [2.05, 4.69) is 45.4 Å². The molecule has 0 spiro atoms. The molecule has 0 unspecified atom stereocenters. The van der Waals surface area contributed by atoms with Crippen molar-refractivity contribution in [3.8, 4) is 5.75 Å². The van der Waals surface area contributed by atoms with Gasteiger partial charge in [0, 0.05) is 8.04 Å². The van der Waals surface area contributed by atoms with Crippen LogP contribution in [0.4, 0.5) is 0 Å². The Morgan fingerprint density at radius 2 is 2.25 bits per heavy atom. The third-order valence-electron chi connectivity index (χ3n) is 1.36. The lowest BCUT2D eigenvalue weighted by atomic mass is 10.3. The molecule has 0 atom stereocenters. The third-order valence-corrected chi connectivity index (χ3v) is 3.69. The van der Waals surface area contributed by atoms with Crippen molar-refractivity contribution >= 4 is 38.5 Å². The highest BCUT2D eigenvalue weighted by Gasteiger charge is 1.97. The molecule has 0 aliphatic rings. The predicted octanol–water partition coefficient (Wildman–Crippen LogP) is 3.84. The van der Waals surface area contributed by atoms with E-state index in [0.717, 1.165) is 23.2 Å². The zero-order valence-electron chi connectivity index (χ0n) is 6.81. The van der Waals surface area contributed by atoms with Gasteiger partial charge in [0.15, 0.2) is 0 Å². The third kappa shape index (κ3) is 2.94. The molecule has 0 aliphatic carbocycles. The van der Waals surface area contributed by atoms with Crippen molar-refractivity contribution in [3.05, 3.63) is 26.2 Å². The molecule has 0 heterocycles. The summed E-state index contributed by atoms with van der Waals surface area (Å²) < 4.78 is 7.76. The van der Waals surface area contributed by atoms with Crippen LogP contribution >= 0.6 is 38.5 Å². The molecule has 3 heteroatoms. The molecule has 0 aromatic heterocycles. The van der Waals surface area contributed by atoms with Crippen LogP contribution < -0.4 is 4.74 Å². The van der Waals surface area contributed by atoms with Gasteiger partial charge >= 0.3 is 0 Å². The Balaban J connectivity index is 2.69. The van der Waals surface area contributed by atoms with Crippen molar-refractivity contribution in [2.24, 2.45) is 0 Å². The molecule has 0 fully saturated rings. The second-order valence-electron chi connectivity index (χ2n) is 2.42. The first-order valence-corrected chi connectivity index (χ1v) is 5.69. The fourth-order valence-corrected chi connectivity index (χ4v) is 1.52. The van der Waals surface area contributed by atoms with Crippen molar-refractivity contribution in [1.82, 2.24) is 0 Å². The first-order valence-electron chi connectivity index (χ1n) is 3.82. The Hall–Kier alpha value is 0.230. The Bertz CT molecular complexity index is 263. The lowest BCUT2D eigenvalue weighted by molar-refractivity contribution is 0.317. The molecule has 0 saturated carbocycles. The van der Waals surface area contributed by atoms with Gasteiger partial charge in [-0.3, -0.25) is 0 Å². The maximum absolute atomic E-state index is 5.47. The second-order valence-corrected chi connectivity index (χ2v) is 4.44. The van der Waals surface area contributed by atoms with Crippen LogP contribution in [-0.2, 0) is 0 Å². The number of hydrogen-bond acceptors (Lipinski definition) is 1. The molecule has 1 nitrogen and oxygen atoms in total. The topological polar surface area (TPSA) is 9.23 Å². The number of halogens is 2. The maximum atomic E-state index is 5.47. The van der Waals surface area contributed by atoms with Crippen molar-refractivity contribution in [3.63, 3.8) is 0 Å². The summed E-state index contributed by atoms with van der Waals surface area (Å²) in [5, 5.41) is 0. The van der Waals surface area contributed by atoms with E-state index in [1.807, 2.05) is 18.2 Å². The number of rotatable bonds is 3. The average molecular weight is 341 g/mol. The van der Waals surface area contributed by atoms with Gasteiger partial charge in [0.2, 0.25) is 0 Å². The van der Waals surface area contributed by atoms with E-state index in [1.165, 1.54) is 3.57 Å². The maximum Gasteiger partial charge on any atom is 0.120 e. The summed E-state index contributed by atoms with van der Waals surface area (Å²) in [7, 11) is 0. The summed E-state index contributed by atoms with van der Waals surface area (Å²) >= 11 is 5.71. The molecule has 66 valence electrons. The summed E-state index contributed by atoms with van der Waals surface area (Å²) in [4.78, 5) is 0. The van der Waals surface area contributed by atoms with Crippen molar-refractivity contribution in [1.29, 1.82) is 0 Å². The molecule has 0 aliphatic heterocycles. The summed E-state index contributed by atoms with van der Waals surface area (Å²) in [6.45, 7) is 2.89. The molecular formula is C9H10BrIO. The normalized spacial score (nSPS) is 9.92. The highest BCUT2D eigenvalue weighted by molar-refractivity contribution is 14.1. The number of hydrogen-bond donors (Lipinski definition) is 0. The minimum absolute atomic E-state index is 0.789. The van der Waals surface area contributed by atoms with Crippen molar-refractivity contribution in [2.45, 2.75) is 13.3 Å². The minimum atomic E-state index is 0.789. The Morgan fingerprint density at radius 1 is 1.50 bits per heavy atom. The van der Waals surface area contributed by atoms with Gasteiger partial charge in [-0.2, -0.15) is 0 Å². The summed E-state index contributed by atoms with van der Waals surface area (Å²) in [6.07, 6.45) is 1.05. The Labute approximate surface area is 94.8 Å². The zero-order valence-corrected chi connectivity index (χ0v) is 10.6. The van der Waals surface area contributed by atoms with Gasteiger partial charge < -0.3 is 4.74 Å². The predicted molar refractivity (Wildman–Crippen MR) is 62.6 cm³/mol. The van der Waals surface area contributed by atoms with Crippen LogP contribution in [0.15, 0.2) is 22.7 Å². The molecule has 1 aromatic carbocycles. The summed E-state index contributed by atoms with van der Waals surface area (Å²) in [6, 6.07) is 6.01. The standard InChI is InChI=1S/C9H10BrIO/c1-2-5-12-7-3-4-8(10)9(11)6-7/h3-4,6H,2,5H2,1H3. The van der Waals surface area contributed by atoms with Crippen molar-refractivity contribution in [2.75, 3.05) is 6.61 Å². The lowest BCUT2D eigenvalue weighted by Gasteiger charge is -2.04. The van der Waals surface area contributed by atoms with Crippen LogP contribution in [0.1, 0.15) is 13.3 Å². The number of ether oxygens (including phenoxy) is 1. The molecular weight excluding hydrogens is 331 g/mol. The second kappa shape index (κ2) is 5.07. The monoisotopic (exact) mass is 340 g/mol. The van der Waals surface area contributed by atoms with E-state index in [4.69, 9.17) is 4.74 Å². The van der Waals surface area contributed by atoms with E-state index in [1.54, 1.807) is 0 Å². The van der Waals surface area contributed by atoms with Gasteiger partial charge in [-0.05, 0) is 63.1 Å². The molecule has 0 bridgehead atoms. The zero-order chi connectivity index (χ0) is 8.97. The smallest absolute Gasteiger partial charge is 0.120 e. The SMILES string of the molecule is CCCOc1ccc(Br)c(I)c1. The Morgan fingerprint density at radius 3 is 2.83 bits per heavy atom. The highest BCUT2D eigenvalue weighted by atomic mass is 127. The fourth-order valence-electron chi connectivity index (χ4n) is 0.787. The number of benzene rings is 1. The van der Waals surface area contributed by atoms with Gasteiger partial charge in [-0.15, -0.1) is 0 Å². The molecule has 0 saturated heterocycles. The fraction of sp³-hybridized carbons (Fsp3) is 0.333. The van der Waals surface area contributed by atoms with Crippen LogP contribution in [0, 0.1) is 3.57 Å². The van der Waals surface area contributed by atoms with Gasteiger partial charge in [-0.25, -0.2) is 0 Å². The van der Waals surface area contributed by atoms with Gasteiger partial charge in [0.1, 0.15) is 5.75 Å². The van der Waals surface area contributed by atoms with E-state index >= 15 is 0 Å². The Kier molecular flexibility index (Phi) is 4.35. The largest absolute Gasteiger partial charge is 0.494 e. The first kappa shape index (κ1) is 10.3. The van der Waals surface area contributed by atoms with Crippen LogP contribution in [0.25, 0.3) is 0 Å². The quantitative estimate of drug-likeness (QED) is 0.759.